The van der Waals surface area contributed by atoms with Gasteiger partial charge in [-0.25, -0.2) is 0 Å². The first-order chi connectivity index (χ1) is 9.33. The molecule has 2 aromatic rings. The smallest absolute Gasteiger partial charge is 0.223 e. The highest BCUT2D eigenvalue weighted by atomic mass is 16.5. The van der Waals surface area contributed by atoms with Gasteiger partial charge in [-0.05, 0) is 24.1 Å². The fourth-order valence-corrected chi connectivity index (χ4v) is 2.50. The van der Waals surface area contributed by atoms with Gasteiger partial charge in [-0.15, -0.1) is 0 Å². The summed E-state index contributed by atoms with van der Waals surface area (Å²) in [5.74, 6) is 1.33. The number of hydrogen-bond donors (Lipinski definition) is 2. The Hall–Kier alpha value is -1.72. The van der Waals surface area contributed by atoms with Gasteiger partial charge in [-0.2, -0.15) is 4.98 Å². The van der Waals surface area contributed by atoms with Gasteiger partial charge in [0.2, 0.25) is 5.89 Å². The van der Waals surface area contributed by atoms with Crippen LogP contribution in [-0.4, -0.2) is 16.7 Å². The fraction of sp³-hybridized carbons (Fsp3) is 0.429. The zero-order chi connectivity index (χ0) is 13.1. The van der Waals surface area contributed by atoms with Crippen molar-refractivity contribution in [2.75, 3.05) is 6.54 Å². The van der Waals surface area contributed by atoms with Crippen LogP contribution in [0.1, 0.15) is 35.3 Å². The molecule has 1 aliphatic heterocycles. The normalized spacial score (nSPS) is 18.9. The molecule has 100 valence electrons. The minimum absolute atomic E-state index is 0.338. The third-order valence-corrected chi connectivity index (χ3v) is 3.43. The summed E-state index contributed by atoms with van der Waals surface area (Å²) in [7, 11) is 0. The van der Waals surface area contributed by atoms with Crippen LogP contribution < -0.4 is 10.6 Å². The molecule has 3 rings (SSSR count). The zero-order valence-corrected chi connectivity index (χ0v) is 11.0. The van der Waals surface area contributed by atoms with Gasteiger partial charge in [-0.3, -0.25) is 0 Å². The van der Waals surface area contributed by atoms with Gasteiger partial charge >= 0.3 is 0 Å². The van der Waals surface area contributed by atoms with Crippen LogP contribution in [0.5, 0.6) is 0 Å². The molecule has 1 aromatic heterocycles. The lowest BCUT2D eigenvalue weighted by Gasteiger charge is -2.17. The van der Waals surface area contributed by atoms with Gasteiger partial charge < -0.3 is 15.2 Å². The molecule has 0 radical (unpaired) electrons. The molecule has 0 fully saturated rings. The number of nitrogens with one attached hydrogen (secondary N) is 2. The Kier molecular flexibility index (Phi) is 3.57. The van der Waals surface area contributed by atoms with Crippen LogP contribution in [0, 0.1) is 6.92 Å². The van der Waals surface area contributed by atoms with Crippen molar-refractivity contribution >= 4 is 0 Å². The minimum Gasteiger partial charge on any atom is -0.340 e. The summed E-state index contributed by atoms with van der Waals surface area (Å²) >= 11 is 0. The Labute approximate surface area is 112 Å². The predicted molar refractivity (Wildman–Crippen MR) is 71.4 cm³/mol. The lowest BCUT2D eigenvalue weighted by molar-refractivity contribution is 0.382. The van der Waals surface area contributed by atoms with Gasteiger partial charge in [-0.1, -0.05) is 29.4 Å². The van der Waals surface area contributed by atoms with E-state index in [1.807, 2.05) is 0 Å². The number of rotatable bonds is 3. The van der Waals surface area contributed by atoms with Crippen molar-refractivity contribution in [1.82, 2.24) is 20.8 Å². The topological polar surface area (TPSA) is 63.0 Å². The van der Waals surface area contributed by atoms with E-state index in [2.05, 4.69) is 45.0 Å². The van der Waals surface area contributed by atoms with Crippen LogP contribution in [0.4, 0.5) is 0 Å². The Morgan fingerprint density at radius 3 is 3.16 bits per heavy atom. The van der Waals surface area contributed by atoms with E-state index >= 15 is 0 Å². The van der Waals surface area contributed by atoms with Crippen LogP contribution in [0.15, 0.2) is 28.8 Å². The summed E-state index contributed by atoms with van der Waals surface area (Å²) in [5.41, 5.74) is 2.73. The van der Waals surface area contributed by atoms with Gasteiger partial charge in [0.05, 0.1) is 6.54 Å². The van der Waals surface area contributed by atoms with Crippen molar-refractivity contribution in [3.8, 4) is 0 Å². The Bertz CT molecular complexity index is 552. The molecule has 0 saturated heterocycles. The number of aromatic nitrogens is 2. The van der Waals surface area contributed by atoms with Gasteiger partial charge in [0.25, 0.3) is 0 Å². The van der Waals surface area contributed by atoms with E-state index in [9.17, 15) is 0 Å². The number of aryl methyl sites for hydroxylation is 1. The molecule has 0 aliphatic carbocycles. The maximum atomic E-state index is 4.99. The first-order valence-electron chi connectivity index (χ1n) is 6.64. The van der Waals surface area contributed by atoms with Gasteiger partial charge in [0, 0.05) is 19.5 Å². The van der Waals surface area contributed by atoms with E-state index < -0.39 is 0 Å². The van der Waals surface area contributed by atoms with E-state index in [0.29, 0.717) is 24.3 Å². The third-order valence-electron chi connectivity index (χ3n) is 3.43. The number of fused-ring (bicyclic) bond motifs is 1. The van der Waals surface area contributed by atoms with Crippen molar-refractivity contribution in [2.45, 2.75) is 32.5 Å². The molecule has 0 bridgehead atoms. The van der Waals surface area contributed by atoms with E-state index in [1.165, 1.54) is 11.1 Å². The second kappa shape index (κ2) is 5.50. The largest absolute Gasteiger partial charge is 0.340 e. The molecular formula is C14H18N4O. The van der Waals surface area contributed by atoms with E-state index in [4.69, 9.17) is 4.52 Å². The van der Waals surface area contributed by atoms with Crippen molar-refractivity contribution in [1.29, 1.82) is 0 Å². The van der Waals surface area contributed by atoms with Gasteiger partial charge in [0.15, 0.2) is 5.82 Å². The average Bonchev–Trinajstić information content (AvgIpc) is 2.73. The maximum absolute atomic E-state index is 4.99. The molecule has 0 amide bonds. The summed E-state index contributed by atoms with van der Waals surface area (Å²) < 4.78 is 4.99. The lowest BCUT2D eigenvalue weighted by Crippen LogP contribution is -2.23. The first-order valence-corrected chi connectivity index (χ1v) is 6.64. The molecule has 1 unspecified atom stereocenters. The standard InChI is InChI=1S/C14H18N4O/c1-10-17-14(18-19-10)9-16-13-6-7-15-8-11-4-2-3-5-12(11)13/h2-5,13,15-16H,6-9H2,1H3. The third kappa shape index (κ3) is 2.83. The average molecular weight is 258 g/mol. The molecule has 0 spiro atoms. The molecule has 1 aliphatic rings. The summed E-state index contributed by atoms with van der Waals surface area (Å²) in [6.07, 6.45) is 1.06. The molecule has 1 aromatic carbocycles. The summed E-state index contributed by atoms with van der Waals surface area (Å²) in [6, 6.07) is 8.90. The molecule has 1 atom stereocenters. The van der Waals surface area contributed by atoms with Gasteiger partial charge in [0.1, 0.15) is 0 Å². The number of hydrogen-bond acceptors (Lipinski definition) is 5. The SMILES string of the molecule is Cc1nc(CNC2CCNCc3ccccc32)no1. The summed E-state index contributed by atoms with van der Waals surface area (Å²) in [6.45, 7) is 4.39. The Morgan fingerprint density at radius 2 is 2.32 bits per heavy atom. The Balaban J connectivity index is 1.73. The maximum Gasteiger partial charge on any atom is 0.223 e. The highest BCUT2D eigenvalue weighted by Crippen LogP contribution is 2.23. The molecule has 5 heteroatoms. The Morgan fingerprint density at radius 1 is 1.42 bits per heavy atom. The quantitative estimate of drug-likeness (QED) is 0.877. The lowest BCUT2D eigenvalue weighted by atomic mass is 9.99. The second-order valence-corrected chi connectivity index (χ2v) is 4.83. The summed E-state index contributed by atoms with van der Waals surface area (Å²) in [4.78, 5) is 4.22. The first kappa shape index (κ1) is 12.3. The highest BCUT2D eigenvalue weighted by Gasteiger charge is 2.18. The van der Waals surface area contributed by atoms with Crippen molar-refractivity contribution in [2.24, 2.45) is 0 Å². The van der Waals surface area contributed by atoms with Crippen LogP contribution in [0.2, 0.25) is 0 Å². The monoisotopic (exact) mass is 258 g/mol. The van der Waals surface area contributed by atoms with Crippen molar-refractivity contribution in [3.05, 3.63) is 47.1 Å². The molecule has 19 heavy (non-hydrogen) atoms. The fourth-order valence-electron chi connectivity index (χ4n) is 2.50. The second-order valence-electron chi connectivity index (χ2n) is 4.83. The number of benzene rings is 1. The molecule has 2 heterocycles. The van der Waals surface area contributed by atoms with E-state index in [1.54, 1.807) is 6.92 Å². The minimum atomic E-state index is 0.338. The van der Waals surface area contributed by atoms with E-state index in [-0.39, 0.29) is 0 Å². The van der Waals surface area contributed by atoms with Crippen LogP contribution >= 0.6 is 0 Å². The predicted octanol–water partition coefficient (Wildman–Crippen LogP) is 1.70. The molecule has 2 N–H and O–H groups in total. The number of nitrogens with zero attached hydrogens (tertiary/aromatic N) is 2. The van der Waals surface area contributed by atoms with Crippen molar-refractivity contribution < 1.29 is 4.52 Å². The summed E-state index contributed by atoms with van der Waals surface area (Å²) in [5, 5.41) is 10.9. The van der Waals surface area contributed by atoms with Crippen molar-refractivity contribution in [3.63, 3.8) is 0 Å². The molecule has 0 saturated carbocycles. The van der Waals surface area contributed by atoms with Crippen LogP contribution in [0.3, 0.4) is 0 Å². The molecular weight excluding hydrogens is 240 g/mol. The zero-order valence-electron chi connectivity index (χ0n) is 11.0. The highest BCUT2D eigenvalue weighted by molar-refractivity contribution is 5.31. The molecule has 5 nitrogen and oxygen atoms in total. The van der Waals surface area contributed by atoms with E-state index in [0.717, 1.165) is 19.5 Å². The van der Waals surface area contributed by atoms with Crippen LogP contribution in [-0.2, 0) is 13.1 Å². The van der Waals surface area contributed by atoms with Crippen LogP contribution in [0.25, 0.3) is 0 Å².